The van der Waals surface area contributed by atoms with E-state index in [0.29, 0.717) is 37.4 Å². The molecule has 1 aromatic carbocycles. The van der Waals surface area contributed by atoms with Crippen LogP contribution in [0, 0.1) is 11.8 Å². The van der Waals surface area contributed by atoms with Crippen LogP contribution in [-0.2, 0) is 9.59 Å². The maximum Gasteiger partial charge on any atom is 0.236 e. The summed E-state index contributed by atoms with van der Waals surface area (Å²) in [5.41, 5.74) is 2.79. The lowest BCUT2D eigenvalue weighted by atomic mass is 9.69. The summed E-state index contributed by atoms with van der Waals surface area (Å²) < 4.78 is 11.2. The number of aldehydes is 1. The van der Waals surface area contributed by atoms with Crippen LogP contribution in [0.3, 0.4) is 0 Å². The van der Waals surface area contributed by atoms with E-state index in [4.69, 9.17) is 19.6 Å². The third-order valence-corrected chi connectivity index (χ3v) is 7.53. The molecule has 1 fully saturated rings. The van der Waals surface area contributed by atoms with Gasteiger partial charge in [-0.25, -0.2) is 0 Å². The molecule has 3 aliphatic heterocycles. The number of rotatable bonds is 11. The van der Waals surface area contributed by atoms with Crippen molar-refractivity contribution in [3.63, 3.8) is 0 Å². The van der Waals surface area contributed by atoms with Crippen LogP contribution in [0.5, 0.6) is 11.5 Å². The molecular weight excluding hydrogens is 496 g/mol. The summed E-state index contributed by atoms with van der Waals surface area (Å²) in [6, 6.07) is 3.86. The van der Waals surface area contributed by atoms with E-state index in [0.717, 1.165) is 35.9 Å². The van der Waals surface area contributed by atoms with E-state index in [-0.39, 0.29) is 49.3 Å². The summed E-state index contributed by atoms with van der Waals surface area (Å²) in [6.45, 7) is 2.91. The predicted octanol–water partition coefficient (Wildman–Crippen LogP) is -0.614. The summed E-state index contributed by atoms with van der Waals surface area (Å²) in [5.74, 6) is 1.36. The minimum atomic E-state index is -1.42. The first-order valence-electron chi connectivity index (χ1n) is 12.8. The molecule has 4 atom stereocenters. The number of likely N-dealkylation sites (tertiary alicyclic amines) is 1. The Balaban J connectivity index is 1.56. The van der Waals surface area contributed by atoms with Gasteiger partial charge < -0.3 is 39.6 Å². The van der Waals surface area contributed by atoms with Crippen molar-refractivity contribution in [1.29, 1.82) is 0 Å². The van der Waals surface area contributed by atoms with Gasteiger partial charge in [-0.05, 0) is 54.9 Å². The third kappa shape index (κ3) is 6.22. The van der Waals surface area contributed by atoms with Crippen LogP contribution in [-0.4, -0.2) is 102 Å². The molecular formula is C26H36N4O8. The van der Waals surface area contributed by atoms with Gasteiger partial charge in [-0.1, -0.05) is 0 Å². The van der Waals surface area contributed by atoms with E-state index in [9.17, 15) is 24.9 Å². The molecule has 4 rings (SSSR count). The van der Waals surface area contributed by atoms with Crippen LogP contribution in [0.25, 0.3) is 0 Å². The van der Waals surface area contributed by atoms with Crippen LogP contribution in [0.4, 0.5) is 5.69 Å². The van der Waals surface area contributed by atoms with E-state index in [1.165, 1.54) is 0 Å². The van der Waals surface area contributed by atoms with Gasteiger partial charge >= 0.3 is 0 Å². The van der Waals surface area contributed by atoms with Gasteiger partial charge in [0.15, 0.2) is 17.8 Å². The van der Waals surface area contributed by atoms with Crippen molar-refractivity contribution in [2.45, 2.75) is 38.0 Å². The van der Waals surface area contributed by atoms with Crippen molar-refractivity contribution in [3.8, 4) is 11.5 Å². The maximum absolute atomic E-state index is 12.5. The second-order valence-corrected chi connectivity index (χ2v) is 9.79. The number of hydrogen-bond donors (Lipinski definition) is 6. The fourth-order valence-electron chi connectivity index (χ4n) is 5.56. The molecule has 6 N–H and O–H groups in total. The molecule has 0 bridgehead atoms. The van der Waals surface area contributed by atoms with Gasteiger partial charge in [-0.3, -0.25) is 20.4 Å². The summed E-state index contributed by atoms with van der Waals surface area (Å²) >= 11 is 0. The molecule has 0 saturated carbocycles. The van der Waals surface area contributed by atoms with Gasteiger partial charge in [0.05, 0.1) is 25.6 Å². The van der Waals surface area contributed by atoms with Crippen molar-refractivity contribution in [2.24, 2.45) is 16.8 Å². The number of nitrogens with one attached hydrogen (secondary N) is 2. The van der Waals surface area contributed by atoms with Crippen LogP contribution in [0.15, 0.2) is 28.8 Å². The summed E-state index contributed by atoms with van der Waals surface area (Å²) in [6.07, 6.45) is 0.287. The number of nitrogens with zero attached hydrogens (tertiary/aromatic N) is 2. The molecule has 12 nitrogen and oxygen atoms in total. The van der Waals surface area contributed by atoms with Crippen LogP contribution in [0.1, 0.15) is 31.2 Å². The standard InChI is InChI=1S/C26H36N4O8/c1-15-20(9-28-26(36)17(11-31)6-18(34)12-32)25(16-2-4-30(5-3-16)24(35)10-27-13-33)19-7-22-23(38-14-37-22)8-21(19)29-15/h6-8,12,16,18,20,25-28,31,33-34,36H,2-5,9-11,13-14H2,1H3/b17-6+/t18-,20?,25?,26?/m0/s1. The number of piperidine rings is 1. The Morgan fingerprint density at radius 2 is 1.92 bits per heavy atom. The largest absolute Gasteiger partial charge is 0.454 e. The monoisotopic (exact) mass is 532 g/mol. The fraction of sp³-hybridized carbons (Fsp3) is 0.577. The Hall–Kier alpha value is -2.87. The summed E-state index contributed by atoms with van der Waals surface area (Å²) in [7, 11) is 0. The van der Waals surface area contributed by atoms with Crippen LogP contribution >= 0.6 is 0 Å². The van der Waals surface area contributed by atoms with E-state index in [2.05, 4.69) is 10.6 Å². The molecule has 3 aliphatic rings. The van der Waals surface area contributed by atoms with Crippen LogP contribution in [0.2, 0.25) is 0 Å². The zero-order valence-electron chi connectivity index (χ0n) is 21.4. The first-order valence-corrected chi connectivity index (χ1v) is 12.8. The molecule has 38 heavy (non-hydrogen) atoms. The summed E-state index contributed by atoms with van der Waals surface area (Å²) in [5, 5.41) is 44.5. The topological polar surface area (TPSA) is 173 Å². The highest BCUT2D eigenvalue weighted by atomic mass is 16.7. The van der Waals surface area contributed by atoms with E-state index in [1.807, 2.05) is 19.1 Å². The van der Waals surface area contributed by atoms with Crippen LogP contribution < -0.4 is 20.1 Å². The van der Waals surface area contributed by atoms with Gasteiger partial charge in [0.1, 0.15) is 12.3 Å². The Bertz CT molecular complexity index is 1070. The van der Waals surface area contributed by atoms with Gasteiger partial charge in [0.25, 0.3) is 0 Å². The molecule has 1 amide bonds. The number of carbonyl (C=O) groups excluding carboxylic acids is 2. The average Bonchev–Trinajstić information content (AvgIpc) is 3.39. The predicted molar refractivity (Wildman–Crippen MR) is 137 cm³/mol. The number of aliphatic imine (C=N–C) groups is 1. The quantitative estimate of drug-likeness (QED) is 0.123. The second kappa shape index (κ2) is 12.8. The normalized spacial score (nSPS) is 23.0. The molecule has 3 unspecified atom stereocenters. The Morgan fingerprint density at radius 3 is 2.58 bits per heavy atom. The Kier molecular flexibility index (Phi) is 9.47. The third-order valence-electron chi connectivity index (χ3n) is 7.53. The number of hydrogen-bond acceptors (Lipinski definition) is 11. The lowest BCUT2D eigenvalue weighted by molar-refractivity contribution is -0.132. The molecule has 0 aromatic heterocycles. The number of fused-ring (bicyclic) bond motifs is 2. The minimum absolute atomic E-state index is 0.00615. The molecule has 0 spiro atoms. The lowest BCUT2D eigenvalue weighted by Gasteiger charge is -2.42. The number of benzene rings is 1. The van der Waals surface area contributed by atoms with Gasteiger partial charge in [0.2, 0.25) is 12.7 Å². The highest BCUT2D eigenvalue weighted by Gasteiger charge is 2.40. The smallest absolute Gasteiger partial charge is 0.236 e. The van der Waals surface area contributed by atoms with Gasteiger partial charge in [0, 0.05) is 37.3 Å². The van der Waals surface area contributed by atoms with Crippen molar-refractivity contribution in [2.75, 3.05) is 46.3 Å². The number of carbonyl (C=O) groups is 2. The highest BCUT2D eigenvalue weighted by molar-refractivity contribution is 5.91. The number of amides is 1. The SMILES string of the molecule is CC1=Nc2cc3c(cc2C(C2CCN(C(=O)CNCO)CC2)C1CNC(O)/C(=C/[C@H](O)C=O)CO)OCO3. The van der Waals surface area contributed by atoms with Gasteiger partial charge in [-0.2, -0.15) is 0 Å². The molecule has 1 saturated heterocycles. The first-order chi connectivity index (χ1) is 18.4. The number of aliphatic hydroxyl groups is 4. The fourth-order valence-corrected chi connectivity index (χ4v) is 5.56. The molecule has 3 heterocycles. The number of ether oxygens (including phenoxy) is 2. The van der Waals surface area contributed by atoms with Gasteiger partial charge in [-0.15, -0.1) is 0 Å². The minimum Gasteiger partial charge on any atom is -0.454 e. The first kappa shape index (κ1) is 28.1. The zero-order valence-corrected chi connectivity index (χ0v) is 21.4. The molecule has 0 radical (unpaired) electrons. The van der Waals surface area contributed by atoms with E-state index in [1.54, 1.807) is 4.90 Å². The lowest BCUT2D eigenvalue weighted by Crippen LogP contribution is -2.46. The molecule has 12 heteroatoms. The molecule has 1 aromatic rings. The summed E-state index contributed by atoms with van der Waals surface area (Å²) in [4.78, 5) is 29.9. The molecule has 0 aliphatic carbocycles. The van der Waals surface area contributed by atoms with Crippen molar-refractivity contribution in [1.82, 2.24) is 15.5 Å². The molecule has 208 valence electrons. The Labute approximate surface area is 221 Å². The zero-order chi connectivity index (χ0) is 27.2. The average molecular weight is 533 g/mol. The van der Waals surface area contributed by atoms with Crippen molar-refractivity contribution >= 4 is 23.6 Å². The number of aliphatic hydroxyl groups excluding tert-OH is 4. The van der Waals surface area contributed by atoms with E-state index < -0.39 is 18.9 Å². The van der Waals surface area contributed by atoms with E-state index >= 15 is 0 Å². The Morgan fingerprint density at radius 1 is 1.21 bits per heavy atom. The maximum atomic E-state index is 12.5. The van der Waals surface area contributed by atoms with Crippen molar-refractivity contribution < 1.29 is 39.5 Å². The second-order valence-electron chi connectivity index (χ2n) is 9.79. The highest BCUT2D eigenvalue weighted by Crippen LogP contribution is 2.50. The van der Waals surface area contributed by atoms with Crippen molar-refractivity contribution in [3.05, 3.63) is 29.3 Å².